The van der Waals surface area contributed by atoms with Gasteiger partial charge in [-0.3, -0.25) is 0 Å². The van der Waals surface area contributed by atoms with Gasteiger partial charge in [0.25, 0.3) is 0 Å². The van der Waals surface area contributed by atoms with Crippen LogP contribution in [0.4, 0.5) is 0 Å². The number of piperidine rings is 1. The second kappa shape index (κ2) is 7.67. The minimum Gasteiger partial charge on any atom is -0.376 e. The number of aromatic nitrogens is 3. The van der Waals surface area contributed by atoms with Gasteiger partial charge in [-0.25, -0.2) is 4.68 Å². The van der Waals surface area contributed by atoms with Gasteiger partial charge >= 0.3 is 0 Å². The quantitative estimate of drug-likeness (QED) is 0.928. The lowest BCUT2D eigenvalue weighted by molar-refractivity contribution is 0.00370. The molecule has 134 valence electrons. The Morgan fingerprint density at radius 2 is 2.08 bits per heavy atom. The minimum atomic E-state index is 0.284. The second-order valence-corrected chi connectivity index (χ2v) is 7.41. The van der Waals surface area contributed by atoms with Crippen molar-refractivity contribution in [1.29, 1.82) is 0 Å². The van der Waals surface area contributed by atoms with Crippen LogP contribution < -0.4 is 5.32 Å². The molecule has 0 bridgehead atoms. The van der Waals surface area contributed by atoms with E-state index < -0.39 is 0 Å². The van der Waals surface area contributed by atoms with Crippen molar-refractivity contribution >= 4 is 0 Å². The summed E-state index contributed by atoms with van der Waals surface area (Å²) in [5.74, 6) is 0.688. The molecule has 0 amide bonds. The predicted molar refractivity (Wildman–Crippen MR) is 98.6 cm³/mol. The van der Waals surface area contributed by atoms with Crippen molar-refractivity contribution in [2.45, 2.75) is 57.6 Å². The molecule has 0 spiro atoms. The van der Waals surface area contributed by atoms with Gasteiger partial charge in [-0.15, -0.1) is 5.10 Å². The molecule has 2 fully saturated rings. The molecule has 3 heterocycles. The van der Waals surface area contributed by atoms with Gasteiger partial charge in [0.05, 0.1) is 18.8 Å². The van der Waals surface area contributed by atoms with Crippen molar-refractivity contribution in [3.63, 3.8) is 0 Å². The van der Waals surface area contributed by atoms with Gasteiger partial charge in [0, 0.05) is 12.2 Å². The SMILES string of the molecule is Cc1cc(C2CCNCC2)ccc1-c1cn(CC2CCCCO2)nn1. The molecule has 1 unspecified atom stereocenters. The van der Waals surface area contributed by atoms with Gasteiger partial charge in [-0.2, -0.15) is 0 Å². The Morgan fingerprint density at radius 1 is 1.20 bits per heavy atom. The lowest BCUT2D eigenvalue weighted by Gasteiger charge is -2.23. The molecule has 2 aliphatic rings. The van der Waals surface area contributed by atoms with Crippen molar-refractivity contribution < 1.29 is 4.74 Å². The molecule has 0 aliphatic carbocycles. The molecule has 0 radical (unpaired) electrons. The molecule has 2 aromatic rings. The maximum absolute atomic E-state index is 5.81. The van der Waals surface area contributed by atoms with E-state index in [4.69, 9.17) is 4.74 Å². The van der Waals surface area contributed by atoms with Crippen LogP contribution in [0.1, 0.15) is 49.1 Å². The fourth-order valence-corrected chi connectivity index (χ4v) is 4.05. The van der Waals surface area contributed by atoms with Crippen LogP contribution in [0.5, 0.6) is 0 Å². The van der Waals surface area contributed by atoms with Crippen LogP contribution in [-0.2, 0) is 11.3 Å². The summed E-state index contributed by atoms with van der Waals surface area (Å²) < 4.78 is 7.75. The molecule has 0 saturated carbocycles. The van der Waals surface area contributed by atoms with Crippen LogP contribution in [0.15, 0.2) is 24.4 Å². The minimum absolute atomic E-state index is 0.284. The average Bonchev–Trinajstić information content (AvgIpc) is 3.11. The molecule has 5 heteroatoms. The summed E-state index contributed by atoms with van der Waals surface area (Å²) in [5.41, 5.74) is 4.90. The summed E-state index contributed by atoms with van der Waals surface area (Å²) >= 11 is 0. The average molecular weight is 340 g/mol. The number of hydrogen-bond acceptors (Lipinski definition) is 4. The van der Waals surface area contributed by atoms with Crippen molar-refractivity contribution in [1.82, 2.24) is 20.3 Å². The summed E-state index contributed by atoms with van der Waals surface area (Å²) in [6.45, 7) is 6.12. The predicted octanol–water partition coefficient (Wildman–Crippen LogP) is 3.29. The highest BCUT2D eigenvalue weighted by Gasteiger charge is 2.18. The second-order valence-electron chi connectivity index (χ2n) is 7.41. The number of benzene rings is 1. The Balaban J connectivity index is 1.47. The Hall–Kier alpha value is -1.72. The summed E-state index contributed by atoms with van der Waals surface area (Å²) in [5, 5.41) is 12.2. The molecule has 2 aliphatic heterocycles. The lowest BCUT2D eigenvalue weighted by atomic mass is 9.88. The van der Waals surface area contributed by atoms with Crippen molar-refractivity contribution in [2.24, 2.45) is 0 Å². The zero-order chi connectivity index (χ0) is 17.1. The number of hydrogen-bond donors (Lipinski definition) is 1. The first-order valence-corrected chi connectivity index (χ1v) is 9.63. The molecule has 1 aromatic heterocycles. The standard InChI is InChI=1S/C20H28N4O/c1-15-12-17(16-7-9-21-10-8-16)5-6-19(15)20-14-24(23-22-20)13-18-4-2-3-11-25-18/h5-6,12,14,16,18,21H,2-4,7-11,13H2,1H3. The van der Waals surface area contributed by atoms with Crippen LogP contribution in [0.3, 0.4) is 0 Å². The summed E-state index contributed by atoms with van der Waals surface area (Å²) in [7, 11) is 0. The highest BCUT2D eigenvalue weighted by Crippen LogP contribution is 2.29. The van der Waals surface area contributed by atoms with Crippen molar-refractivity contribution in [3.8, 4) is 11.3 Å². The molecular weight excluding hydrogens is 312 g/mol. The van der Waals surface area contributed by atoms with E-state index in [2.05, 4.69) is 46.9 Å². The zero-order valence-electron chi connectivity index (χ0n) is 15.1. The van der Waals surface area contributed by atoms with Gasteiger partial charge in [-0.05, 0) is 69.2 Å². The van der Waals surface area contributed by atoms with Crippen LogP contribution in [0, 0.1) is 6.92 Å². The first kappa shape index (κ1) is 16.7. The lowest BCUT2D eigenvalue weighted by Crippen LogP contribution is -2.26. The third-order valence-electron chi connectivity index (χ3n) is 5.54. The van der Waals surface area contributed by atoms with Gasteiger partial charge in [0.1, 0.15) is 5.69 Å². The molecule has 1 aromatic carbocycles. The third kappa shape index (κ3) is 3.93. The van der Waals surface area contributed by atoms with Crippen molar-refractivity contribution in [3.05, 3.63) is 35.5 Å². The zero-order valence-corrected chi connectivity index (χ0v) is 15.1. The molecule has 5 nitrogen and oxygen atoms in total. The van der Waals surface area contributed by atoms with E-state index in [-0.39, 0.29) is 6.10 Å². The normalized spacial score (nSPS) is 22.2. The number of nitrogens with one attached hydrogen (secondary N) is 1. The highest BCUT2D eigenvalue weighted by molar-refractivity contribution is 5.63. The Kier molecular flexibility index (Phi) is 5.13. The van der Waals surface area contributed by atoms with E-state index in [0.717, 1.165) is 38.4 Å². The summed E-state index contributed by atoms with van der Waals surface area (Å²) in [6.07, 6.45) is 8.37. The Bertz CT molecular complexity index is 699. The van der Waals surface area contributed by atoms with Gasteiger partial charge in [0.2, 0.25) is 0 Å². The topological polar surface area (TPSA) is 52.0 Å². The highest BCUT2D eigenvalue weighted by atomic mass is 16.5. The molecule has 1 atom stereocenters. The van der Waals surface area contributed by atoms with E-state index in [1.165, 1.54) is 42.4 Å². The molecule has 1 N–H and O–H groups in total. The Labute approximate surface area is 149 Å². The van der Waals surface area contributed by atoms with E-state index >= 15 is 0 Å². The first-order chi connectivity index (χ1) is 12.3. The van der Waals surface area contributed by atoms with E-state index in [1.54, 1.807) is 0 Å². The maximum atomic E-state index is 5.81. The fraction of sp³-hybridized carbons (Fsp3) is 0.600. The largest absolute Gasteiger partial charge is 0.376 e. The molecule has 25 heavy (non-hydrogen) atoms. The molecule has 4 rings (SSSR count). The van der Waals surface area contributed by atoms with Gasteiger partial charge in [0.15, 0.2) is 0 Å². The monoisotopic (exact) mass is 340 g/mol. The maximum Gasteiger partial charge on any atom is 0.113 e. The number of aryl methyl sites for hydroxylation is 1. The fourth-order valence-electron chi connectivity index (χ4n) is 4.05. The third-order valence-corrected chi connectivity index (χ3v) is 5.54. The van der Waals surface area contributed by atoms with E-state index in [1.807, 2.05) is 4.68 Å². The van der Waals surface area contributed by atoms with E-state index in [0.29, 0.717) is 5.92 Å². The van der Waals surface area contributed by atoms with Crippen LogP contribution in [0.2, 0.25) is 0 Å². The molecular formula is C20H28N4O. The van der Waals surface area contributed by atoms with Crippen LogP contribution in [0.25, 0.3) is 11.3 Å². The number of rotatable bonds is 4. The van der Waals surface area contributed by atoms with Crippen molar-refractivity contribution in [2.75, 3.05) is 19.7 Å². The van der Waals surface area contributed by atoms with Crippen LogP contribution >= 0.6 is 0 Å². The smallest absolute Gasteiger partial charge is 0.113 e. The van der Waals surface area contributed by atoms with E-state index in [9.17, 15) is 0 Å². The summed E-state index contributed by atoms with van der Waals surface area (Å²) in [6, 6.07) is 6.84. The van der Waals surface area contributed by atoms with Gasteiger partial charge in [-0.1, -0.05) is 23.4 Å². The first-order valence-electron chi connectivity index (χ1n) is 9.63. The molecule has 2 saturated heterocycles. The Morgan fingerprint density at radius 3 is 2.84 bits per heavy atom. The summed E-state index contributed by atoms with van der Waals surface area (Å²) in [4.78, 5) is 0. The van der Waals surface area contributed by atoms with Crippen LogP contribution in [-0.4, -0.2) is 40.8 Å². The number of ether oxygens (including phenoxy) is 1. The van der Waals surface area contributed by atoms with Gasteiger partial charge < -0.3 is 10.1 Å². The number of nitrogens with zero attached hydrogens (tertiary/aromatic N) is 3.